The van der Waals surface area contributed by atoms with Gasteiger partial charge in [0.25, 0.3) is 0 Å². The molecule has 1 heterocycles. The highest BCUT2D eigenvalue weighted by molar-refractivity contribution is 7.89. The van der Waals surface area contributed by atoms with E-state index < -0.39 is 10.0 Å². The quantitative estimate of drug-likeness (QED) is 0.811. The summed E-state index contributed by atoms with van der Waals surface area (Å²) in [4.78, 5) is 6.01. The molecule has 7 heteroatoms. The first-order valence-corrected chi connectivity index (χ1v) is 8.02. The minimum absolute atomic E-state index is 0.0191. The van der Waals surface area contributed by atoms with Crippen LogP contribution in [-0.2, 0) is 16.6 Å². The van der Waals surface area contributed by atoms with Crippen molar-refractivity contribution in [2.45, 2.75) is 18.4 Å². The van der Waals surface area contributed by atoms with Crippen molar-refractivity contribution in [3.8, 4) is 0 Å². The monoisotopic (exact) mass is 306 g/mol. The first-order valence-electron chi connectivity index (χ1n) is 6.47. The summed E-state index contributed by atoms with van der Waals surface area (Å²) in [5, 5.41) is 5.18. The molecular weight excluding hydrogens is 288 g/mol. The Hall–Kier alpha value is -2.12. The van der Waals surface area contributed by atoms with Gasteiger partial charge in [-0.3, -0.25) is 4.98 Å². The number of primary sulfonamides is 1. The third-order valence-corrected chi connectivity index (χ3v) is 4.00. The Morgan fingerprint density at radius 3 is 2.43 bits per heavy atom. The smallest absolute Gasteiger partial charge is 0.238 e. The van der Waals surface area contributed by atoms with Crippen LogP contribution >= 0.6 is 0 Å². The van der Waals surface area contributed by atoms with Gasteiger partial charge in [-0.25, -0.2) is 13.6 Å². The Balaban J connectivity index is 2.36. The SMILES string of the molecule is CCN(Cc1ccncc1)c1cc(N)cc(S(N)(=O)=O)c1. The molecule has 2 aromatic rings. The number of anilines is 2. The number of sulfonamides is 1. The molecule has 21 heavy (non-hydrogen) atoms. The van der Waals surface area contributed by atoms with Gasteiger partial charge in [0.1, 0.15) is 0 Å². The summed E-state index contributed by atoms with van der Waals surface area (Å²) in [6.07, 6.45) is 3.44. The number of nitrogens with zero attached hydrogens (tertiary/aromatic N) is 2. The van der Waals surface area contributed by atoms with Crippen molar-refractivity contribution >= 4 is 21.4 Å². The van der Waals surface area contributed by atoms with E-state index in [4.69, 9.17) is 10.9 Å². The Morgan fingerprint density at radius 1 is 1.19 bits per heavy atom. The van der Waals surface area contributed by atoms with Crippen LogP contribution in [0.3, 0.4) is 0 Å². The molecule has 0 saturated heterocycles. The van der Waals surface area contributed by atoms with Crippen molar-refractivity contribution in [1.29, 1.82) is 0 Å². The summed E-state index contributed by atoms with van der Waals surface area (Å²) in [7, 11) is -3.78. The largest absolute Gasteiger partial charge is 0.399 e. The number of benzene rings is 1. The van der Waals surface area contributed by atoms with E-state index in [0.717, 1.165) is 11.3 Å². The normalized spacial score (nSPS) is 11.3. The summed E-state index contributed by atoms with van der Waals surface area (Å²) < 4.78 is 23.0. The zero-order chi connectivity index (χ0) is 15.5. The van der Waals surface area contributed by atoms with Gasteiger partial charge in [0.05, 0.1) is 4.90 Å². The molecule has 4 N–H and O–H groups in total. The lowest BCUT2D eigenvalue weighted by Gasteiger charge is -2.24. The molecule has 0 fully saturated rings. The zero-order valence-electron chi connectivity index (χ0n) is 11.7. The second kappa shape index (κ2) is 6.11. The number of hydrogen-bond acceptors (Lipinski definition) is 5. The summed E-state index contributed by atoms with van der Waals surface area (Å²) in [6.45, 7) is 3.32. The molecule has 0 radical (unpaired) electrons. The fourth-order valence-corrected chi connectivity index (χ4v) is 2.63. The van der Waals surface area contributed by atoms with Gasteiger partial charge in [0.2, 0.25) is 10.0 Å². The number of aromatic nitrogens is 1. The summed E-state index contributed by atoms with van der Waals surface area (Å²) in [5.41, 5.74) is 7.95. The molecule has 0 atom stereocenters. The average molecular weight is 306 g/mol. The zero-order valence-corrected chi connectivity index (χ0v) is 12.5. The Morgan fingerprint density at radius 2 is 1.86 bits per heavy atom. The maximum absolute atomic E-state index is 11.5. The summed E-state index contributed by atoms with van der Waals surface area (Å²) in [5.74, 6) is 0. The second-order valence-corrected chi connectivity index (χ2v) is 6.24. The lowest BCUT2D eigenvalue weighted by Crippen LogP contribution is -2.23. The molecule has 6 nitrogen and oxygen atoms in total. The Labute approximate surface area is 124 Å². The standard InChI is InChI=1S/C14H18N4O2S/c1-2-18(10-11-3-5-17-6-4-11)13-7-12(15)8-14(9-13)21(16,19)20/h3-9H,2,10,15H2,1H3,(H2,16,19,20). The van der Waals surface area contributed by atoms with E-state index in [2.05, 4.69) is 4.98 Å². The van der Waals surface area contributed by atoms with Gasteiger partial charge in [-0.15, -0.1) is 0 Å². The van der Waals surface area contributed by atoms with Crippen LogP contribution in [0.25, 0.3) is 0 Å². The minimum Gasteiger partial charge on any atom is -0.399 e. The topological polar surface area (TPSA) is 102 Å². The fourth-order valence-electron chi connectivity index (χ4n) is 2.05. The van der Waals surface area contributed by atoms with Crippen molar-refractivity contribution in [1.82, 2.24) is 4.98 Å². The number of rotatable bonds is 5. The highest BCUT2D eigenvalue weighted by Gasteiger charge is 2.13. The van der Waals surface area contributed by atoms with Gasteiger partial charge in [0.15, 0.2) is 0 Å². The van der Waals surface area contributed by atoms with Crippen molar-refractivity contribution in [3.63, 3.8) is 0 Å². The predicted octanol–water partition coefficient (Wildman–Crippen LogP) is 1.34. The number of hydrogen-bond donors (Lipinski definition) is 2. The molecule has 1 aromatic heterocycles. The second-order valence-electron chi connectivity index (χ2n) is 4.67. The van der Waals surface area contributed by atoms with Gasteiger partial charge in [-0.05, 0) is 42.8 Å². The number of pyridine rings is 1. The van der Waals surface area contributed by atoms with Crippen molar-refractivity contribution in [2.24, 2.45) is 5.14 Å². The van der Waals surface area contributed by atoms with E-state index in [1.807, 2.05) is 24.0 Å². The molecule has 2 rings (SSSR count). The molecule has 1 aromatic carbocycles. The molecular formula is C14H18N4O2S. The van der Waals surface area contributed by atoms with Crippen molar-refractivity contribution < 1.29 is 8.42 Å². The van der Waals surface area contributed by atoms with E-state index in [1.165, 1.54) is 12.1 Å². The van der Waals surface area contributed by atoms with Crippen LogP contribution < -0.4 is 15.8 Å². The maximum atomic E-state index is 11.5. The average Bonchev–Trinajstić information content (AvgIpc) is 2.44. The molecule has 0 unspecified atom stereocenters. The number of nitrogen functional groups attached to an aromatic ring is 1. The molecule has 0 bridgehead atoms. The number of nitrogens with two attached hydrogens (primary N) is 2. The predicted molar refractivity (Wildman–Crippen MR) is 83.2 cm³/mol. The Bertz CT molecular complexity index is 717. The third kappa shape index (κ3) is 3.93. The summed E-state index contributed by atoms with van der Waals surface area (Å²) >= 11 is 0. The summed E-state index contributed by atoms with van der Waals surface area (Å²) in [6, 6.07) is 8.46. The molecule has 0 aliphatic heterocycles. The van der Waals surface area contributed by atoms with E-state index in [1.54, 1.807) is 18.5 Å². The highest BCUT2D eigenvalue weighted by Crippen LogP contribution is 2.24. The molecule has 0 aliphatic rings. The van der Waals surface area contributed by atoms with Crippen LogP contribution in [0.5, 0.6) is 0 Å². The van der Waals surface area contributed by atoms with Gasteiger partial charge >= 0.3 is 0 Å². The minimum atomic E-state index is -3.78. The van der Waals surface area contributed by atoms with Gasteiger partial charge in [-0.1, -0.05) is 0 Å². The molecule has 112 valence electrons. The van der Waals surface area contributed by atoms with Crippen LogP contribution in [0.1, 0.15) is 12.5 Å². The fraction of sp³-hybridized carbons (Fsp3) is 0.214. The van der Waals surface area contributed by atoms with Crippen LogP contribution in [0.4, 0.5) is 11.4 Å². The van der Waals surface area contributed by atoms with Crippen LogP contribution in [0.15, 0.2) is 47.6 Å². The lowest BCUT2D eigenvalue weighted by molar-refractivity contribution is 0.598. The molecule has 0 aliphatic carbocycles. The van der Waals surface area contributed by atoms with Crippen LogP contribution in [0.2, 0.25) is 0 Å². The van der Waals surface area contributed by atoms with Gasteiger partial charge in [-0.2, -0.15) is 0 Å². The molecule has 0 amide bonds. The third-order valence-electron chi connectivity index (χ3n) is 3.11. The first kappa shape index (κ1) is 15.3. The van der Waals surface area contributed by atoms with Crippen molar-refractivity contribution in [3.05, 3.63) is 48.3 Å². The van der Waals surface area contributed by atoms with E-state index in [0.29, 0.717) is 18.8 Å². The first-order chi connectivity index (χ1) is 9.90. The van der Waals surface area contributed by atoms with Gasteiger partial charge < -0.3 is 10.6 Å². The van der Waals surface area contributed by atoms with E-state index >= 15 is 0 Å². The lowest BCUT2D eigenvalue weighted by atomic mass is 10.2. The molecule has 0 saturated carbocycles. The van der Waals surface area contributed by atoms with Crippen molar-refractivity contribution in [2.75, 3.05) is 17.2 Å². The van der Waals surface area contributed by atoms with Crippen LogP contribution in [0, 0.1) is 0 Å². The Kier molecular flexibility index (Phi) is 4.44. The van der Waals surface area contributed by atoms with E-state index in [-0.39, 0.29) is 4.90 Å². The maximum Gasteiger partial charge on any atom is 0.238 e. The highest BCUT2D eigenvalue weighted by atomic mass is 32.2. The van der Waals surface area contributed by atoms with Gasteiger partial charge in [0, 0.05) is 36.9 Å². The van der Waals surface area contributed by atoms with Crippen LogP contribution in [-0.4, -0.2) is 19.9 Å². The molecule has 0 spiro atoms. The van der Waals surface area contributed by atoms with E-state index in [9.17, 15) is 8.42 Å².